The maximum atomic E-state index is 13.7. The molecule has 110 valence electrons. The molecule has 3 rings (SSSR count). The smallest absolute Gasteiger partial charge is 0.207 e. The van der Waals surface area contributed by atoms with Crippen molar-refractivity contribution in [1.82, 2.24) is 4.72 Å². The summed E-state index contributed by atoms with van der Waals surface area (Å²) in [4.78, 5) is -0.298. The van der Waals surface area contributed by atoms with Crippen LogP contribution in [0, 0.1) is 5.82 Å². The number of aryl methyl sites for hydroxylation is 1. The van der Waals surface area contributed by atoms with E-state index in [0.717, 1.165) is 36.5 Å². The third kappa shape index (κ3) is 2.84. The van der Waals surface area contributed by atoms with Gasteiger partial charge in [-0.25, -0.2) is 17.5 Å². The van der Waals surface area contributed by atoms with Crippen molar-refractivity contribution in [1.29, 1.82) is 0 Å². The van der Waals surface area contributed by atoms with Gasteiger partial charge >= 0.3 is 0 Å². The second-order valence-electron chi connectivity index (χ2n) is 5.20. The molecule has 0 fully saturated rings. The Balaban J connectivity index is 1.93. The molecular formula is C16H16FNO2S. The predicted molar refractivity (Wildman–Crippen MR) is 78.8 cm³/mol. The molecule has 2 aromatic carbocycles. The van der Waals surface area contributed by atoms with Crippen LogP contribution < -0.4 is 4.72 Å². The van der Waals surface area contributed by atoms with Gasteiger partial charge in [0.1, 0.15) is 10.7 Å². The van der Waals surface area contributed by atoms with Crippen LogP contribution >= 0.6 is 0 Å². The van der Waals surface area contributed by atoms with Crippen LogP contribution in [-0.4, -0.2) is 8.42 Å². The summed E-state index contributed by atoms with van der Waals surface area (Å²) < 4.78 is 41.1. The number of fused-ring (bicyclic) bond motifs is 1. The number of halogens is 1. The summed E-state index contributed by atoms with van der Waals surface area (Å²) >= 11 is 0. The second-order valence-corrected chi connectivity index (χ2v) is 6.88. The minimum atomic E-state index is -3.86. The van der Waals surface area contributed by atoms with Gasteiger partial charge in [0.15, 0.2) is 0 Å². The van der Waals surface area contributed by atoms with Gasteiger partial charge in [0.25, 0.3) is 0 Å². The van der Waals surface area contributed by atoms with E-state index in [9.17, 15) is 12.8 Å². The Morgan fingerprint density at radius 2 is 1.76 bits per heavy atom. The molecule has 0 saturated heterocycles. The van der Waals surface area contributed by atoms with Crippen LogP contribution in [-0.2, 0) is 16.4 Å². The van der Waals surface area contributed by atoms with E-state index in [-0.39, 0.29) is 10.9 Å². The Morgan fingerprint density at radius 3 is 2.57 bits per heavy atom. The Labute approximate surface area is 123 Å². The fourth-order valence-corrected chi connectivity index (χ4v) is 4.12. The first-order valence-electron chi connectivity index (χ1n) is 6.92. The summed E-state index contributed by atoms with van der Waals surface area (Å²) in [5.74, 6) is -0.728. The standard InChI is InChI=1S/C16H16FNO2S/c17-14-9-3-4-11-16(14)21(19,20)18-15-10-5-7-12-6-1-2-8-13(12)15/h1-4,6,8-9,11,15,18H,5,7,10H2. The summed E-state index contributed by atoms with van der Waals surface area (Å²) in [7, 11) is -3.86. The van der Waals surface area contributed by atoms with Crippen molar-refractivity contribution < 1.29 is 12.8 Å². The number of rotatable bonds is 3. The Bertz CT molecular complexity index is 758. The van der Waals surface area contributed by atoms with Gasteiger partial charge in [0.05, 0.1) is 0 Å². The van der Waals surface area contributed by atoms with E-state index in [1.165, 1.54) is 18.2 Å². The van der Waals surface area contributed by atoms with Gasteiger partial charge in [-0.3, -0.25) is 0 Å². The molecule has 0 amide bonds. The van der Waals surface area contributed by atoms with Crippen LogP contribution in [0.25, 0.3) is 0 Å². The maximum absolute atomic E-state index is 13.7. The molecule has 3 nitrogen and oxygen atoms in total. The predicted octanol–water partition coefficient (Wildman–Crippen LogP) is 3.18. The number of sulfonamides is 1. The van der Waals surface area contributed by atoms with Gasteiger partial charge in [0, 0.05) is 6.04 Å². The fourth-order valence-electron chi connectivity index (χ4n) is 2.79. The Morgan fingerprint density at radius 1 is 1.05 bits per heavy atom. The van der Waals surface area contributed by atoms with Gasteiger partial charge < -0.3 is 0 Å². The highest BCUT2D eigenvalue weighted by Gasteiger charge is 2.26. The summed E-state index contributed by atoms with van der Waals surface area (Å²) in [6, 6.07) is 12.9. The average molecular weight is 305 g/mol. The van der Waals surface area contributed by atoms with Crippen molar-refractivity contribution in [3.05, 3.63) is 65.5 Å². The largest absolute Gasteiger partial charge is 0.244 e. The van der Waals surface area contributed by atoms with E-state index in [2.05, 4.69) is 4.72 Å². The molecule has 0 saturated carbocycles. The zero-order valence-corrected chi connectivity index (χ0v) is 12.2. The van der Waals surface area contributed by atoms with E-state index < -0.39 is 15.8 Å². The molecule has 0 aliphatic heterocycles. The first kappa shape index (κ1) is 14.2. The van der Waals surface area contributed by atoms with Crippen molar-refractivity contribution in [3.8, 4) is 0 Å². The molecular weight excluding hydrogens is 289 g/mol. The van der Waals surface area contributed by atoms with E-state index in [1.54, 1.807) is 0 Å². The van der Waals surface area contributed by atoms with Crippen molar-refractivity contribution in [2.45, 2.75) is 30.2 Å². The van der Waals surface area contributed by atoms with Crippen molar-refractivity contribution in [2.75, 3.05) is 0 Å². The lowest BCUT2D eigenvalue weighted by molar-refractivity contribution is 0.501. The first-order valence-corrected chi connectivity index (χ1v) is 8.41. The number of nitrogens with one attached hydrogen (secondary N) is 1. The van der Waals surface area contributed by atoms with Crippen LogP contribution in [0.2, 0.25) is 0 Å². The molecule has 1 aliphatic carbocycles. The molecule has 1 N–H and O–H groups in total. The minimum absolute atomic E-state index is 0.292. The van der Waals surface area contributed by atoms with Gasteiger partial charge in [-0.2, -0.15) is 0 Å². The first-order chi connectivity index (χ1) is 10.1. The van der Waals surface area contributed by atoms with Crippen molar-refractivity contribution in [3.63, 3.8) is 0 Å². The van der Waals surface area contributed by atoms with Gasteiger partial charge in [0.2, 0.25) is 10.0 Å². The lowest BCUT2D eigenvalue weighted by Crippen LogP contribution is -2.31. The van der Waals surface area contributed by atoms with Crippen LogP contribution in [0.5, 0.6) is 0 Å². The zero-order valence-electron chi connectivity index (χ0n) is 11.4. The normalized spacial score (nSPS) is 18.2. The highest BCUT2D eigenvalue weighted by atomic mass is 32.2. The molecule has 0 spiro atoms. The number of hydrogen-bond donors (Lipinski definition) is 1. The highest BCUT2D eigenvalue weighted by molar-refractivity contribution is 7.89. The highest BCUT2D eigenvalue weighted by Crippen LogP contribution is 2.31. The monoisotopic (exact) mass is 305 g/mol. The maximum Gasteiger partial charge on any atom is 0.244 e. The molecule has 5 heteroatoms. The van der Waals surface area contributed by atoms with Crippen LogP contribution in [0.4, 0.5) is 4.39 Å². The Kier molecular flexibility index (Phi) is 3.78. The molecule has 1 atom stereocenters. The summed E-state index contributed by atoms with van der Waals surface area (Å²) in [6.07, 6.45) is 2.60. The van der Waals surface area contributed by atoms with E-state index >= 15 is 0 Å². The third-order valence-electron chi connectivity index (χ3n) is 3.79. The molecule has 1 aliphatic rings. The quantitative estimate of drug-likeness (QED) is 0.946. The van der Waals surface area contributed by atoms with Gasteiger partial charge in [-0.05, 0) is 42.5 Å². The van der Waals surface area contributed by atoms with Gasteiger partial charge in [-0.1, -0.05) is 36.4 Å². The zero-order chi connectivity index (χ0) is 14.9. The van der Waals surface area contributed by atoms with E-state index in [0.29, 0.717) is 0 Å². The number of benzene rings is 2. The van der Waals surface area contributed by atoms with E-state index in [4.69, 9.17) is 0 Å². The molecule has 2 aromatic rings. The van der Waals surface area contributed by atoms with Crippen LogP contribution in [0.15, 0.2) is 53.4 Å². The van der Waals surface area contributed by atoms with Gasteiger partial charge in [-0.15, -0.1) is 0 Å². The molecule has 0 radical (unpaired) electrons. The summed E-state index contributed by atoms with van der Waals surface area (Å²) in [5.41, 5.74) is 2.15. The lowest BCUT2D eigenvalue weighted by atomic mass is 9.88. The topological polar surface area (TPSA) is 46.2 Å². The Hall–Kier alpha value is -1.72. The summed E-state index contributed by atoms with van der Waals surface area (Å²) in [6.45, 7) is 0. The summed E-state index contributed by atoms with van der Waals surface area (Å²) in [5, 5.41) is 0. The van der Waals surface area contributed by atoms with Crippen LogP contribution in [0.1, 0.15) is 30.0 Å². The molecule has 0 bridgehead atoms. The number of hydrogen-bond acceptors (Lipinski definition) is 2. The second kappa shape index (κ2) is 5.58. The molecule has 0 aromatic heterocycles. The van der Waals surface area contributed by atoms with Crippen molar-refractivity contribution >= 4 is 10.0 Å². The average Bonchev–Trinajstić information content (AvgIpc) is 2.47. The van der Waals surface area contributed by atoms with E-state index in [1.807, 2.05) is 24.3 Å². The van der Waals surface area contributed by atoms with Crippen molar-refractivity contribution in [2.24, 2.45) is 0 Å². The molecule has 1 unspecified atom stereocenters. The minimum Gasteiger partial charge on any atom is -0.207 e. The third-order valence-corrected chi connectivity index (χ3v) is 5.30. The SMILES string of the molecule is O=S(=O)(NC1CCCc2ccccc21)c1ccccc1F. The van der Waals surface area contributed by atoms with Crippen LogP contribution in [0.3, 0.4) is 0 Å². The molecule has 0 heterocycles. The molecule has 21 heavy (non-hydrogen) atoms. The lowest BCUT2D eigenvalue weighted by Gasteiger charge is -2.26. The fraction of sp³-hybridized carbons (Fsp3) is 0.250.